The van der Waals surface area contributed by atoms with Gasteiger partial charge in [0.05, 0.1) is 0 Å². The number of unbranched alkanes of at least 4 members (excludes halogenated alkanes) is 3. The summed E-state index contributed by atoms with van der Waals surface area (Å²) >= 11 is 0. The molecule has 0 aliphatic carbocycles. The fourth-order valence-corrected chi connectivity index (χ4v) is 1.73. The number of rotatable bonds is 9. The zero-order valence-electron chi connectivity index (χ0n) is 11.3. The van der Waals surface area contributed by atoms with Crippen LogP contribution in [0.15, 0.2) is 31.2 Å². The molecule has 0 saturated carbocycles. The van der Waals surface area contributed by atoms with E-state index in [1.165, 1.54) is 18.6 Å². The maximum Gasteiger partial charge on any atom is 0.326 e. The number of aliphatic carboxylic acids is 1. The third-order valence-electron chi connectivity index (χ3n) is 2.82. The van der Waals surface area contributed by atoms with E-state index < -0.39 is 17.9 Å². The van der Waals surface area contributed by atoms with Crippen LogP contribution in [0.5, 0.6) is 0 Å². The van der Waals surface area contributed by atoms with Gasteiger partial charge in [0.1, 0.15) is 18.1 Å². The van der Waals surface area contributed by atoms with Crippen LogP contribution in [0, 0.1) is 0 Å². The summed E-state index contributed by atoms with van der Waals surface area (Å²) in [5.74, 6) is -1.53. The highest BCUT2D eigenvalue weighted by Crippen LogP contribution is 2.07. The predicted octanol–water partition coefficient (Wildman–Crippen LogP) is 1.80. The molecule has 0 aliphatic heterocycles. The number of nitrogens with zero attached hydrogens (tertiary/aromatic N) is 2. The first-order valence-corrected chi connectivity index (χ1v) is 6.55. The summed E-state index contributed by atoms with van der Waals surface area (Å²) in [5.41, 5.74) is 0.165. The molecule has 6 heteroatoms. The number of hydrogen-bond donors (Lipinski definition) is 2. The average molecular weight is 277 g/mol. The van der Waals surface area contributed by atoms with Crippen molar-refractivity contribution in [2.45, 2.75) is 38.1 Å². The molecule has 1 rings (SSSR count). The lowest BCUT2D eigenvalue weighted by atomic mass is 10.1. The van der Waals surface area contributed by atoms with Crippen LogP contribution < -0.4 is 5.32 Å². The van der Waals surface area contributed by atoms with Crippen molar-refractivity contribution in [1.82, 2.24) is 15.3 Å². The molecule has 6 nitrogen and oxygen atoms in total. The van der Waals surface area contributed by atoms with E-state index in [2.05, 4.69) is 21.9 Å². The van der Waals surface area contributed by atoms with Crippen LogP contribution in [0.1, 0.15) is 42.6 Å². The summed E-state index contributed by atoms with van der Waals surface area (Å²) in [6.07, 6.45) is 8.50. The van der Waals surface area contributed by atoms with Crippen LogP contribution in [-0.4, -0.2) is 33.0 Å². The smallest absolute Gasteiger partial charge is 0.326 e. The van der Waals surface area contributed by atoms with Gasteiger partial charge in [-0.05, 0) is 25.3 Å². The monoisotopic (exact) mass is 277 g/mol. The Bertz CT molecular complexity index is 448. The Labute approximate surface area is 117 Å². The summed E-state index contributed by atoms with van der Waals surface area (Å²) in [4.78, 5) is 30.4. The van der Waals surface area contributed by atoms with E-state index in [1.807, 2.05) is 6.08 Å². The minimum absolute atomic E-state index is 0.165. The molecule has 1 heterocycles. The standard InChI is InChI=1S/C14H19N3O3/c1-2-3-4-5-6-7-12(14(19)20)17-13(18)11-8-9-15-10-16-11/h2,8-10,12H,1,3-7H2,(H,17,18)(H,19,20)/t12-/m0/s1. The highest BCUT2D eigenvalue weighted by Gasteiger charge is 2.20. The normalized spacial score (nSPS) is 11.6. The number of carboxylic acid groups (broad SMARTS) is 1. The largest absolute Gasteiger partial charge is 0.480 e. The molecule has 2 N–H and O–H groups in total. The molecule has 0 aliphatic rings. The van der Waals surface area contributed by atoms with E-state index in [0.717, 1.165) is 25.7 Å². The van der Waals surface area contributed by atoms with Crippen molar-refractivity contribution >= 4 is 11.9 Å². The molecule has 0 unspecified atom stereocenters. The number of aromatic nitrogens is 2. The van der Waals surface area contributed by atoms with Gasteiger partial charge >= 0.3 is 5.97 Å². The Morgan fingerprint density at radius 3 is 2.80 bits per heavy atom. The Kier molecular flexibility index (Phi) is 6.95. The van der Waals surface area contributed by atoms with Gasteiger partial charge in [-0.15, -0.1) is 6.58 Å². The second kappa shape index (κ2) is 8.79. The molecule has 108 valence electrons. The van der Waals surface area contributed by atoms with Crippen molar-refractivity contribution in [3.63, 3.8) is 0 Å². The van der Waals surface area contributed by atoms with E-state index in [0.29, 0.717) is 6.42 Å². The molecule has 0 aromatic carbocycles. The lowest BCUT2D eigenvalue weighted by Crippen LogP contribution is -2.41. The van der Waals surface area contributed by atoms with Gasteiger partial charge < -0.3 is 10.4 Å². The summed E-state index contributed by atoms with van der Waals surface area (Å²) in [6.45, 7) is 3.63. The summed E-state index contributed by atoms with van der Waals surface area (Å²) in [5, 5.41) is 11.6. The van der Waals surface area contributed by atoms with Crippen molar-refractivity contribution in [1.29, 1.82) is 0 Å². The Balaban J connectivity index is 2.44. The maximum absolute atomic E-state index is 11.8. The van der Waals surface area contributed by atoms with Gasteiger partial charge in [0.15, 0.2) is 0 Å². The summed E-state index contributed by atoms with van der Waals surface area (Å²) in [7, 11) is 0. The van der Waals surface area contributed by atoms with Gasteiger partial charge in [0, 0.05) is 6.20 Å². The van der Waals surface area contributed by atoms with E-state index in [1.54, 1.807) is 0 Å². The van der Waals surface area contributed by atoms with Crippen LogP contribution in [0.4, 0.5) is 0 Å². The van der Waals surface area contributed by atoms with Crippen molar-refractivity contribution in [2.24, 2.45) is 0 Å². The molecular formula is C14H19N3O3. The van der Waals surface area contributed by atoms with Crippen molar-refractivity contribution in [3.8, 4) is 0 Å². The van der Waals surface area contributed by atoms with Gasteiger partial charge in [-0.1, -0.05) is 18.9 Å². The maximum atomic E-state index is 11.8. The molecule has 1 amide bonds. The highest BCUT2D eigenvalue weighted by atomic mass is 16.4. The molecule has 1 aromatic rings. The minimum atomic E-state index is -1.03. The number of nitrogens with one attached hydrogen (secondary N) is 1. The minimum Gasteiger partial charge on any atom is -0.480 e. The molecule has 0 radical (unpaired) electrons. The number of carboxylic acids is 1. The molecule has 0 spiro atoms. The molecular weight excluding hydrogens is 258 g/mol. The van der Waals surface area contributed by atoms with Crippen molar-refractivity contribution in [3.05, 3.63) is 36.9 Å². The van der Waals surface area contributed by atoms with E-state index in [9.17, 15) is 9.59 Å². The first kappa shape index (κ1) is 15.8. The third kappa shape index (κ3) is 5.60. The zero-order chi connectivity index (χ0) is 14.8. The fraction of sp³-hybridized carbons (Fsp3) is 0.429. The van der Waals surface area contributed by atoms with E-state index >= 15 is 0 Å². The fourth-order valence-electron chi connectivity index (χ4n) is 1.73. The van der Waals surface area contributed by atoms with E-state index in [4.69, 9.17) is 5.11 Å². The van der Waals surface area contributed by atoms with Crippen LogP contribution in [-0.2, 0) is 4.79 Å². The molecule has 20 heavy (non-hydrogen) atoms. The molecule has 0 bridgehead atoms. The SMILES string of the molecule is C=CCCCCC[C@H](NC(=O)c1ccncn1)C(=O)O. The zero-order valence-corrected chi connectivity index (χ0v) is 11.3. The number of carbonyl (C=O) groups excluding carboxylic acids is 1. The lowest BCUT2D eigenvalue weighted by molar-refractivity contribution is -0.139. The van der Waals surface area contributed by atoms with E-state index in [-0.39, 0.29) is 5.69 Å². The average Bonchev–Trinajstić information content (AvgIpc) is 2.46. The van der Waals surface area contributed by atoms with Crippen LogP contribution in [0.2, 0.25) is 0 Å². The second-order valence-corrected chi connectivity index (χ2v) is 4.39. The quantitative estimate of drug-likeness (QED) is 0.530. The number of carbonyl (C=O) groups is 2. The molecule has 0 saturated heterocycles. The lowest BCUT2D eigenvalue weighted by Gasteiger charge is -2.13. The molecule has 1 atom stereocenters. The van der Waals surface area contributed by atoms with Gasteiger partial charge in [0.25, 0.3) is 5.91 Å². The summed E-state index contributed by atoms with van der Waals surface area (Å²) in [6, 6.07) is 0.555. The first-order chi connectivity index (χ1) is 9.65. The van der Waals surface area contributed by atoms with Gasteiger partial charge in [-0.25, -0.2) is 14.8 Å². The molecule has 0 fully saturated rings. The predicted molar refractivity (Wildman–Crippen MR) is 74.2 cm³/mol. The first-order valence-electron chi connectivity index (χ1n) is 6.55. The number of hydrogen-bond acceptors (Lipinski definition) is 4. The number of amides is 1. The topological polar surface area (TPSA) is 92.2 Å². The Hall–Kier alpha value is -2.24. The van der Waals surface area contributed by atoms with Gasteiger partial charge in [-0.3, -0.25) is 4.79 Å². The van der Waals surface area contributed by atoms with Crippen molar-refractivity contribution < 1.29 is 14.7 Å². The summed E-state index contributed by atoms with van der Waals surface area (Å²) < 4.78 is 0. The third-order valence-corrected chi connectivity index (χ3v) is 2.82. The van der Waals surface area contributed by atoms with Crippen LogP contribution in [0.3, 0.4) is 0 Å². The second-order valence-electron chi connectivity index (χ2n) is 4.39. The molecule has 1 aromatic heterocycles. The van der Waals surface area contributed by atoms with Crippen LogP contribution in [0.25, 0.3) is 0 Å². The number of allylic oxidation sites excluding steroid dienone is 1. The van der Waals surface area contributed by atoms with Crippen molar-refractivity contribution in [2.75, 3.05) is 0 Å². The van der Waals surface area contributed by atoms with Crippen LogP contribution >= 0.6 is 0 Å². The van der Waals surface area contributed by atoms with Gasteiger partial charge in [0.2, 0.25) is 0 Å². The highest BCUT2D eigenvalue weighted by molar-refractivity contribution is 5.94. The Morgan fingerprint density at radius 2 is 2.20 bits per heavy atom. The van der Waals surface area contributed by atoms with Gasteiger partial charge in [-0.2, -0.15) is 0 Å². The Morgan fingerprint density at radius 1 is 1.40 bits per heavy atom.